The maximum Gasteiger partial charge on any atom is 0.352 e. The maximum atomic E-state index is 11.4. The molecule has 0 radical (unpaired) electrons. The minimum atomic E-state index is -0.533. The number of methoxy groups -OCH3 is 5. The summed E-state index contributed by atoms with van der Waals surface area (Å²) in [6, 6.07) is 6.74. The van der Waals surface area contributed by atoms with Crippen LogP contribution in [-0.4, -0.2) is 40.5 Å². The molecule has 0 aliphatic carbocycles. The van der Waals surface area contributed by atoms with Crippen LogP contribution in [0.3, 0.4) is 0 Å². The van der Waals surface area contributed by atoms with Crippen LogP contribution in [0, 0.1) is 10.1 Å². The van der Waals surface area contributed by atoms with Crippen LogP contribution in [0.2, 0.25) is 0 Å². The number of benzene rings is 2. The highest BCUT2D eigenvalue weighted by molar-refractivity contribution is 5.78. The zero-order valence-electron chi connectivity index (χ0n) is 15.8. The van der Waals surface area contributed by atoms with Crippen molar-refractivity contribution in [2.24, 2.45) is 0 Å². The summed E-state index contributed by atoms with van der Waals surface area (Å²) in [5.74, 6) is 1.73. The van der Waals surface area contributed by atoms with Crippen molar-refractivity contribution in [2.75, 3.05) is 35.5 Å². The van der Waals surface area contributed by atoms with E-state index in [1.165, 1.54) is 41.6 Å². The van der Waals surface area contributed by atoms with E-state index in [0.717, 1.165) is 5.56 Å². The lowest BCUT2D eigenvalue weighted by Gasteiger charge is -2.13. The van der Waals surface area contributed by atoms with Crippen molar-refractivity contribution in [3.63, 3.8) is 0 Å². The summed E-state index contributed by atoms with van der Waals surface area (Å²) in [6.45, 7) is 0. The molecular formula is C19H21NO7. The van der Waals surface area contributed by atoms with Crippen LogP contribution in [0.25, 0.3) is 12.2 Å². The SMILES string of the molecule is COc1cc(/C=C\c2ccc(OC)c([N+](=O)[O-])c2OC)cc(OC)c1OC. The monoisotopic (exact) mass is 375 g/mol. The predicted molar refractivity (Wildman–Crippen MR) is 101 cm³/mol. The summed E-state index contributed by atoms with van der Waals surface area (Å²) >= 11 is 0. The maximum absolute atomic E-state index is 11.4. The lowest BCUT2D eigenvalue weighted by molar-refractivity contribution is -0.386. The number of hydrogen-bond acceptors (Lipinski definition) is 7. The summed E-state index contributed by atoms with van der Waals surface area (Å²) in [6.07, 6.45) is 3.46. The molecule has 0 aromatic heterocycles. The lowest BCUT2D eigenvalue weighted by atomic mass is 10.1. The summed E-state index contributed by atoms with van der Waals surface area (Å²) in [7, 11) is 7.32. The summed E-state index contributed by atoms with van der Waals surface area (Å²) in [4.78, 5) is 10.9. The first kappa shape index (κ1) is 19.9. The van der Waals surface area contributed by atoms with Gasteiger partial charge in [-0.3, -0.25) is 10.1 Å². The number of nitro groups is 1. The Hall–Kier alpha value is -3.42. The molecule has 0 unspecified atom stereocenters. The normalized spacial score (nSPS) is 10.6. The third kappa shape index (κ3) is 4.05. The highest BCUT2D eigenvalue weighted by Gasteiger charge is 2.24. The van der Waals surface area contributed by atoms with Crippen LogP contribution in [0.15, 0.2) is 24.3 Å². The van der Waals surface area contributed by atoms with E-state index in [9.17, 15) is 10.1 Å². The quantitative estimate of drug-likeness (QED) is 0.394. The van der Waals surface area contributed by atoms with Crippen LogP contribution < -0.4 is 23.7 Å². The molecule has 0 atom stereocenters. The molecule has 2 aromatic carbocycles. The van der Waals surface area contributed by atoms with Gasteiger partial charge in [-0.05, 0) is 29.8 Å². The second-order valence-electron chi connectivity index (χ2n) is 5.29. The molecular weight excluding hydrogens is 354 g/mol. The molecule has 0 bridgehead atoms. The molecule has 8 nitrogen and oxygen atoms in total. The van der Waals surface area contributed by atoms with Gasteiger partial charge in [0.15, 0.2) is 11.5 Å². The highest BCUT2D eigenvalue weighted by Crippen LogP contribution is 2.41. The molecule has 0 amide bonds. The smallest absolute Gasteiger partial charge is 0.352 e. The average Bonchev–Trinajstić information content (AvgIpc) is 2.69. The van der Waals surface area contributed by atoms with Crippen LogP contribution in [0.4, 0.5) is 5.69 Å². The molecule has 0 fully saturated rings. The number of hydrogen-bond donors (Lipinski definition) is 0. The fourth-order valence-electron chi connectivity index (χ4n) is 2.64. The first-order valence-corrected chi connectivity index (χ1v) is 7.88. The van der Waals surface area contributed by atoms with Crippen LogP contribution in [0.5, 0.6) is 28.7 Å². The average molecular weight is 375 g/mol. The Labute approximate surface area is 157 Å². The van der Waals surface area contributed by atoms with Crippen molar-refractivity contribution in [2.45, 2.75) is 0 Å². The predicted octanol–water partition coefficient (Wildman–Crippen LogP) is 3.81. The Morgan fingerprint density at radius 1 is 0.778 bits per heavy atom. The van der Waals surface area contributed by atoms with Gasteiger partial charge in [-0.1, -0.05) is 12.2 Å². The molecule has 0 spiro atoms. The van der Waals surface area contributed by atoms with E-state index in [0.29, 0.717) is 22.8 Å². The third-order valence-corrected chi connectivity index (χ3v) is 3.87. The van der Waals surface area contributed by atoms with Gasteiger partial charge in [0.05, 0.1) is 40.5 Å². The molecule has 0 N–H and O–H groups in total. The van der Waals surface area contributed by atoms with E-state index in [1.807, 2.05) is 0 Å². The number of nitro benzene ring substituents is 1. The Morgan fingerprint density at radius 3 is 1.78 bits per heavy atom. The van der Waals surface area contributed by atoms with Gasteiger partial charge in [0, 0.05) is 5.56 Å². The van der Waals surface area contributed by atoms with Crippen molar-refractivity contribution in [1.82, 2.24) is 0 Å². The van der Waals surface area contributed by atoms with E-state index >= 15 is 0 Å². The summed E-state index contributed by atoms with van der Waals surface area (Å²) in [5.41, 5.74) is 1.05. The van der Waals surface area contributed by atoms with E-state index in [1.54, 1.807) is 30.4 Å². The fraction of sp³-hybridized carbons (Fsp3) is 0.263. The Balaban J connectivity index is 2.52. The number of rotatable bonds is 8. The number of nitrogens with zero attached hydrogens (tertiary/aromatic N) is 1. The van der Waals surface area contributed by atoms with Gasteiger partial charge in [-0.2, -0.15) is 0 Å². The first-order chi connectivity index (χ1) is 13.0. The topological polar surface area (TPSA) is 89.3 Å². The van der Waals surface area contributed by atoms with E-state index in [-0.39, 0.29) is 17.2 Å². The van der Waals surface area contributed by atoms with Crippen molar-refractivity contribution in [3.05, 3.63) is 45.5 Å². The second kappa shape index (κ2) is 8.79. The molecule has 0 heterocycles. The van der Waals surface area contributed by atoms with E-state index in [4.69, 9.17) is 23.7 Å². The molecule has 8 heteroatoms. The van der Waals surface area contributed by atoms with E-state index in [2.05, 4.69) is 0 Å². The molecule has 2 aromatic rings. The highest BCUT2D eigenvalue weighted by atomic mass is 16.6. The standard InChI is InChI=1S/C19H21NO7/c1-23-14-9-8-13(18(26-4)17(14)20(21)22)7-6-12-10-15(24-2)19(27-5)16(11-12)25-3/h6-11H,1-5H3/b7-6-. The van der Waals surface area contributed by atoms with Gasteiger partial charge < -0.3 is 23.7 Å². The zero-order valence-corrected chi connectivity index (χ0v) is 15.8. The minimum absolute atomic E-state index is 0.114. The van der Waals surface area contributed by atoms with Gasteiger partial charge in [0.1, 0.15) is 0 Å². The minimum Gasteiger partial charge on any atom is -0.493 e. The lowest BCUT2D eigenvalue weighted by Crippen LogP contribution is -1.99. The molecule has 0 aliphatic rings. The Bertz CT molecular complexity index is 836. The fourth-order valence-corrected chi connectivity index (χ4v) is 2.64. The summed E-state index contributed by atoms with van der Waals surface area (Å²) < 4.78 is 26.3. The molecule has 0 saturated carbocycles. The number of ether oxygens (including phenoxy) is 5. The van der Waals surface area contributed by atoms with Crippen molar-refractivity contribution in [3.8, 4) is 28.7 Å². The first-order valence-electron chi connectivity index (χ1n) is 7.88. The van der Waals surface area contributed by atoms with E-state index < -0.39 is 4.92 Å². The van der Waals surface area contributed by atoms with Gasteiger partial charge in [0.2, 0.25) is 17.2 Å². The Morgan fingerprint density at radius 2 is 1.33 bits per heavy atom. The summed E-state index contributed by atoms with van der Waals surface area (Å²) in [5, 5.41) is 11.4. The third-order valence-electron chi connectivity index (χ3n) is 3.87. The van der Waals surface area contributed by atoms with Gasteiger partial charge in [-0.15, -0.1) is 0 Å². The van der Waals surface area contributed by atoms with Crippen molar-refractivity contribution in [1.29, 1.82) is 0 Å². The van der Waals surface area contributed by atoms with Crippen LogP contribution in [-0.2, 0) is 0 Å². The molecule has 0 saturated heterocycles. The van der Waals surface area contributed by atoms with Crippen molar-refractivity contribution < 1.29 is 28.6 Å². The van der Waals surface area contributed by atoms with Crippen molar-refractivity contribution >= 4 is 17.8 Å². The van der Waals surface area contributed by atoms with Gasteiger partial charge in [-0.25, -0.2) is 0 Å². The molecule has 2 rings (SSSR count). The zero-order chi connectivity index (χ0) is 20.0. The van der Waals surface area contributed by atoms with Gasteiger partial charge in [0.25, 0.3) is 0 Å². The molecule has 144 valence electrons. The van der Waals surface area contributed by atoms with Gasteiger partial charge >= 0.3 is 5.69 Å². The Kier molecular flexibility index (Phi) is 6.48. The second-order valence-corrected chi connectivity index (χ2v) is 5.29. The molecule has 27 heavy (non-hydrogen) atoms. The van der Waals surface area contributed by atoms with Crippen LogP contribution >= 0.6 is 0 Å². The molecule has 0 aliphatic heterocycles. The van der Waals surface area contributed by atoms with Crippen LogP contribution in [0.1, 0.15) is 11.1 Å². The largest absolute Gasteiger partial charge is 0.493 e.